The number of anilines is 2. The molecule has 0 atom stereocenters. The van der Waals surface area contributed by atoms with E-state index in [1.165, 1.54) is 0 Å². The lowest BCUT2D eigenvalue weighted by molar-refractivity contribution is 0.559. The summed E-state index contributed by atoms with van der Waals surface area (Å²) in [5.74, 6) is -1.44. The van der Waals surface area contributed by atoms with Gasteiger partial charge in [0.2, 0.25) is 0 Å². The molecule has 0 radical (unpaired) electrons. The highest BCUT2D eigenvalue weighted by atomic mass is 19.1. The summed E-state index contributed by atoms with van der Waals surface area (Å²) in [4.78, 5) is 1.94. The molecule has 0 saturated carbocycles. The number of halogens is 2. The third-order valence-electron chi connectivity index (χ3n) is 3.10. The molecule has 0 bridgehead atoms. The van der Waals surface area contributed by atoms with Crippen molar-refractivity contribution in [1.82, 2.24) is 0 Å². The Labute approximate surface area is 122 Å². The van der Waals surface area contributed by atoms with Gasteiger partial charge in [0.1, 0.15) is 11.6 Å². The molecule has 0 amide bonds. The molecular formula is C16H15F2N3. The van der Waals surface area contributed by atoms with Crippen LogP contribution in [0, 0.1) is 23.0 Å². The molecule has 2 aromatic rings. The third-order valence-corrected chi connectivity index (χ3v) is 3.10. The van der Waals surface area contributed by atoms with Gasteiger partial charge >= 0.3 is 0 Å². The number of nitriles is 1. The first-order valence-corrected chi connectivity index (χ1v) is 6.40. The SMILES string of the molecule is CN(C)c1cccc(NCc2c(F)cc(C#N)cc2F)c1. The van der Waals surface area contributed by atoms with Crippen LogP contribution in [0.25, 0.3) is 0 Å². The maximum atomic E-state index is 13.8. The Morgan fingerprint density at radius 3 is 2.38 bits per heavy atom. The Bertz CT molecular complexity index is 667. The summed E-state index contributed by atoms with van der Waals surface area (Å²) in [6, 6.07) is 11.3. The number of benzene rings is 2. The predicted molar refractivity (Wildman–Crippen MR) is 79.2 cm³/mol. The minimum atomic E-state index is -0.720. The molecule has 0 aliphatic carbocycles. The summed E-state index contributed by atoms with van der Waals surface area (Å²) in [6.07, 6.45) is 0. The van der Waals surface area contributed by atoms with Crippen LogP contribution in [0.4, 0.5) is 20.2 Å². The first-order chi connectivity index (χ1) is 10.0. The lowest BCUT2D eigenvalue weighted by Crippen LogP contribution is -2.09. The first-order valence-electron chi connectivity index (χ1n) is 6.40. The molecule has 0 unspecified atom stereocenters. The second kappa shape index (κ2) is 6.23. The smallest absolute Gasteiger partial charge is 0.132 e. The molecular weight excluding hydrogens is 272 g/mol. The predicted octanol–water partition coefficient (Wildman–Crippen LogP) is 3.51. The quantitative estimate of drug-likeness (QED) is 0.935. The fraction of sp³-hybridized carbons (Fsp3) is 0.188. The Kier molecular flexibility index (Phi) is 4.39. The van der Waals surface area contributed by atoms with Gasteiger partial charge in [0, 0.05) is 37.6 Å². The van der Waals surface area contributed by atoms with E-state index >= 15 is 0 Å². The van der Waals surface area contributed by atoms with E-state index < -0.39 is 11.6 Å². The van der Waals surface area contributed by atoms with E-state index in [0.717, 1.165) is 23.5 Å². The lowest BCUT2D eigenvalue weighted by Gasteiger charge is -2.15. The van der Waals surface area contributed by atoms with Crippen molar-refractivity contribution in [2.24, 2.45) is 0 Å². The Morgan fingerprint density at radius 1 is 1.14 bits per heavy atom. The van der Waals surface area contributed by atoms with Gasteiger partial charge in [-0.2, -0.15) is 5.26 Å². The summed E-state index contributed by atoms with van der Waals surface area (Å²) in [5, 5.41) is 11.6. The van der Waals surface area contributed by atoms with Gasteiger partial charge in [0.25, 0.3) is 0 Å². The number of rotatable bonds is 4. The molecule has 21 heavy (non-hydrogen) atoms. The zero-order chi connectivity index (χ0) is 15.4. The average Bonchev–Trinajstić information content (AvgIpc) is 2.46. The van der Waals surface area contributed by atoms with Crippen LogP contribution >= 0.6 is 0 Å². The van der Waals surface area contributed by atoms with E-state index in [0.29, 0.717) is 0 Å². The lowest BCUT2D eigenvalue weighted by atomic mass is 10.1. The van der Waals surface area contributed by atoms with Crippen LogP contribution in [0.1, 0.15) is 11.1 Å². The van der Waals surface area contributed by atoms with E-state index in [-0.39, 0.29) is 17.7 Å². The van der Waals surface area contributed by atoms with Crippen molar-refractivity contribution in [2.45, 2.75) is 6.54 Å². The van der Waals surface area contributed by atoms with Crippen LogP contribution in [0.15, 0.2) is 36.4 Å². The van der Waals surface area contributed by atoms with E-state index in [2.05, 4.69) is 5.32 Å². The normalized spacial score (nSPS) is 10.0. The van der Waals surface area contributed by atoms with Crippen molar-refractivity contribution in [3.8, 4) is 6.07 Å². The molecule has 0 fully saturated rings. The van der Waals surface area contributed by atoms with E-state index in [9.17, 15) is 8.78 Å². The van der Waals surface area contributed by atoms with Crippen LogP contribution < -0.4 is 10.2 Å². The van der Waals surface area contributed by atoms with Crippen molar-refractivity contribution in [1.29, 1.82) is 5.26 Å². The van der Waals surface area contributed by atoms with E-state index in [4.69, 9.17) is 5.26 Å². The number of hydrogen-bond donors (Lipinski definition) is 1. The van der Waals surface area contributed by atoms with Crippen LogP contribution in [0.3, 0.4) is 0 Å². The largest absolute Gasteiger partial charge is 0.381 e. The number of nitrogens with one attached hydrogen (secondary N) is 1. The second-order valence-electron chi connectivity index (χ2n) is 4.83. The topological polar surface area (TPSA) is 39.1 Å². The molecule has 1 N–H and O–H groups in total. The van der Waals surface area contributed by atoms with E-state index in [1.54, 1.807) is 6.07 Å². The zero-order valence-corrected chi connectivity index (χ0v) is 11.8. The van der Waals surface area contributed by atoms with Gasteiger partial charge in [-0.25, -0.2) is 8.78 Å². The van der Waals surface area contributed by atoms with Gasteiger partial charge in [-0.15, -0.1) is 0 Å². The highest BCUT2D eigenvalue weighted by molar-refractivity contribution is 5.57. The minimum Gasteiger partial charge on any atom is -0.381 e. The molecule has 2 rings (SSSR count). The van der Waals surface area contributed by atoms with Crippen LogP contribution in [-0.4, -0.2) is 14.1 Å². The van der Waals surface area contributed by atoms with Gasteiger partial charge in [-0.3, -0.25) is 0 Å². The van der Waals surface area contributed by atoms with Crippen LogP contribution in [0.2, 0.25) is 0 Å². The fourth-order valence-electron chi connectivity index (χ4n) is 1.92. The Hall–Kier alpha value is -2.61. The van der Waals surface area contributed by atoms with Gasteiger partial charge in [-0.1, -0.05) is 6.07 Å². The first kappa shape index (κ1) is 14.8. The standard InChI is InChI=1S/C16H15F2N3/c1-21(2)13-5-3-4-12(8-13)20-10-14-15(17)6-11(9-19)7-16(14)18/h3-8,20H,10H2,1-2H3. The van der Waals surface area contributed by atoms with Crippen molar-refractivity contribution in [3.05, 3.63) is 59.2 Å². The summed E-state index contributed by atoms with van der Waals surface area (Å²) in [7, 11) is 3.83. The maximum Gasteiger partial charge on any atom is 0.132 e. The third kappa shape index (κ3) is 3.48. The molecule has 3 nitrogen and oxygen atoms in total. The molecule has 0 aromatic heterocycles. The molecule has 0 aliphatic rings. The second-order valence-corrected chi connectivity index (χ2v) is 4.83. The fourth-order valence-corrected chi connectivity index (χ4v) is 1.92. The number of hydrogen-bond acceptors (Lipinski definition) is 3. The Balaban J connectivity index is 2.17. The van der Waals surface area contributed by atoms with E-state index in [1.807, 2.05) is 43.3 Å². The highest BCUT2D eigenvalue weighted by Crippen LogP contribution is 2.20. The van der Waals surface area contributed by atoms with Crippen LogP contribution in [-0.2, 0) is 6.54 Å². The molecule has 0 saturated heterocycles. The van der Waals surface area contributed by atoms with Gasteiger partial charge in [-0.05, 0) is 30.3 Å². The zero-order valence-electron chi connectivity index (χ0n) is 11.8. The molecule has 0 spiro atoms. The van der Waals surface area contributed by atoms with Gasteiger partial charge in [0.05, 0.1) is 11.6 Å². The molecule has 0 aliphatic heterocycles. The highest BCUT2D eigenvalue weighted by Gasteiger charge is 2.11. The summed E-state index contributed by atoms with van der Waals surface area (Å²) in [6.45, 7) is 0.0141. The summed E-state index contributed by atoms with van der Waals surface area (Å²) >= 11 is 0. The number of nitrogens with zero attached hydrogens (tertiary/aromatic N) is 2. The monoisotopic (exact) mass is 287 g/mol. The van der Waals surface area contributed by atoms with Crippen molar-refractivity contribution < 1.29 is 8.78 Å². The minimum absolute atomic E-state index is 0.0141. The molecule has 0 heterocycles. The molecule has 5 heteroatoms. The van der Waals surface area contributed by atoms with Gasteiger partial charge in [0.15, 0.2) is 0 Å². The van der Waals surface area contributed by atoms with Crippen molar-refractivity contribution >= 4 is 11.4 Å². The van der Waals surface area contributed by atoms with Crippen molar-refractivity contribution in [2.75, 3.05) is 24.3 Å². The molecule has 108 valence electrons. The van der Waals surface area contributed by atoms with Crippen molar-refractivity contribution in [3.63, 3.8) is 0 Å². The van der Waals surface area contributed by atoms with Gasteiger partial charge < -0.3 is 10.2 Å². The summed E-state index contributed by atoms with van der Waals surface area (Å²) in [5.41, 5.74) is 1.65. The maximum absolute atomic E-state index is 13.8. The van der Waals surface area contributed by atoms with Crippen LogP contribution in [0.5, 0.6) is 0 Å². The Morgan fingerprint density at radius 2 is 1.81 bits per heavy atom. The molecule has 2 aromatic carbocycles. The average molecular weight is 287 g/mol. The summed E-state index contributed by atoms with van der Waals surface area (Å²) < 4.78 is 27.5.